The molecule has 2 aromatic rings. The summed E-state index contributed by atoms with van der Waals surface area (Å²) < 4.78 is 10.6. The van der Waals surface area contributed by atoms with Crippen LogP contribution >= 0.6 is 36.2 Å². The molecule has 1 amide bonds. The summed E-state index contributed by atoms with van der Waals surface area (Å²) in [5.74, 6) is 1.22. The summed E-state index contributed by atoms with van der Waals surface area (Å²) in [6, 6.07) is 5.62. The van der Waals surface area contributed by atoms with Crippen molar-refractivity contribution in [3.63, 3.8) is 0 Å². The van der Waals surface area contributed by atoms with Crippen LogP contribution in [0, 0.1) is 6.92 Å². The van der Waals surface area contributed by atoms with E-state index in [0.29, 0.717) is 22.9 Å². The summed E-state index contributed by atoms with van der Waals surface area (Å²) in [5, 5.41) is 6.97. The summed E-state index contributed by atoms with van der Waals surface area (Å²) in [4.78, 5) is 17.5. The van der Waals surface area contributed by atoms with Gasteiger partial charge in [0.2, 0.25) is 0 Å². The summed E-state index contributed by atoms with van der Waals surface area (Å²) >= 11 is 1.38. The molecule has 0 aliphatic rings. The minimum atomic E-state index is -0.0833. The summed E-state index contributed by atoms with van der Waals surface area (Å²) in [7, 11) is 3.20. The SMILES string of the molecule is CCCNCCNC(=O)c1sc(-c2ccc(OC)c(OC)c2)nc1C.Cl.Cl. The summed E-state index contributed by atoms with van der Waals surface area (Å²) in [6.07, 6.45) is 1.08. The number of carbonyl (C=O) groups is 1. The van der Waals surface area contributed by atoms with Crippen LogP contribution in [0.1, 0.15) is 28.7 Å². The number of nitrogens with zero attached hydrogens (tertiary/aromatic N) is 1. The van der Waals surface area contributed by atoms with Crippen LogP contribution in [0.2, 0.25) is 0 Å². The predicted molar refractivity (Wildman–Crippen MR) is 115 cm³/mol. The van der Waals surface area contributed by atoms with E-state index < -0.39 is 0 Å². The highest BCUT2D eigenvalue weighted by Crippen LogP contribution is 2.34. The van der Waals surface area contributed by atoms with Crippen molar-refractivity contribution in [1.82, 2.24) is 15.6 Å². The number of thiazole rings is 1. The van der Waals surface area contributed by atoms with Crippen LogP contribution in [-0.4, -0.2) is 44.7 Å². The zero-order chi connectivity index (χ0) is 18.2. The number of carbonyl (C=O) groups excluding carboxylic acids is 1. The molecule has 27 heavy (non-hydrogen) atoms. The molecule has 1 aromatic heterocycles. The van der Waals surface area contributed by atoms with Crippen molar-refractivity contribution in [3.8, 4) is 22.1 Å². The molecule has 0 radical (unpaired) electrons. The first-order chi connectivity index (χ1) is 12.1. The predicted octanol–water partition coefficient (Wildman–Crippen LogP) is 3.71. The van der Waals surface area contributed by atoms with Gasteiger partial charge < -0.3 is 20.1 Å². The van der Waals surface area contributed by atoms with E-state index in [4.69, 9.17) is 9.47 Å². The van der Waals surface area contributed by atoms with E-state index in [0.717, 1.165) is 35.8 Å². The van der Waals surface area contributed by atoms with Gasteiger partial charge in [-0.15, -0.1) is 36.2 Å². The first-order valence-corrected chi connectivity index (χ1v) is 9.11. The fraction of sp³-hybridized carbons (Fsp3) is 0.444. The van der Waals surface area contributed by atoms with Crippen molar-refractivity contribution in [3.05, 3.63) is 28.8 Å². The number of hydrogen-bond donors (Lipinski definition) is 2. The zero-order valence-corrected chi connectivity index (χ0v) is 18.4. The van der Waals surface area contributed by atoms with Crippen LogP contribution in [0.15, 0.2) is 18.2 Å². The molecular formula is C18H27Cl2N3O3S. The maximum atomic E-state index is 12.4. The second kappa shape index (κ2) is 12.8. The van der Waals surface area contributed by atoms with Gasteiger partial charge in [-0.3, -0.25) is 4.79 Å². The van der Waals surface area contributed by atoms with Crippen LogP contribution in [-0.2, 0) is 0 Å². The van der Waals surface area contributed by atoms with E-state index in [-0.39, 0.29) is 30.7 Å². The summed E-state index contributed by atoms with van der Waals surface area (Å²) in [6.45, 7) is 6.29. The second-order valence-electron chi connectivity index (χ2n) is 5.51. The molecule has 1 heterocycles. The molecule has 0 atom stereocenters. The number of rotatable bonds is 9. The average molecular weight is 436 g/mol. The first-order valence-electron chi connectivity index (χ1n) is 8.29. The van der Waals surface area contributed by atoms with E-state index in [1.165, 1.54) is 11.3 Å². The molecule has 0 unspecified atom stereocenters. The monoisotopic (exact) mass is 435 g/mol. The Morgan fingerprint density at radius 2 is 1.81 bits per heavy atom. The van der Waals surface area contributed by atoms with Gasteiger partial charge in [-0.25, -0.2) is 4.98 Å². The van der Waals surface area contributed by atoms with Crippen molar-refractivity contribution >= 4 is 42.1 Å². The van der Waals surface area contributed by atoms with Crippen molar-refractivity contribution in [2.75, 3.05) is 33.9 Å². The Morgan fingerprint density at radius 1 is 1.11 bits per heavy atom. The lowest BCUT2D eigenvalue weighted by atomic mass is 10.2. The van der Waals surface area contributed by atoms with Crippen LogP contribution in [0.25, 0.3) is 10.6 Å². The maximum Gasteiger partial charge on any atom is 0.263 e. The van der Waals surface area contributed by atoms with Crippen LogP contribution in [0.5, 0.6) is 11.5 Å². The molecule has 0 bridgehead atoms. The largest absolute Gasteiger partial charge is 0.493 e. The minimum Gasteiger partial charge on any atom is -0.493 e. The number of nitrogens with one attached hydrogen (secondary N) is 2. The second-order valence-corrected chi connectivity index (χ2v) is 6.51. The Labute approximate surface area is 176 Å². The summed E-state index contributed by atoms with van der Waals surface area (Å²) in [5.41, 5.74) is 1.63. The molecule has 9 heteroatoms. The quantitative estimate of drug-likeness (QED) is 0.587. The third kappa shape index (κ3) is 6.84. The van der Waals surface area contributed by atoms with Gasteiger partial charge >= 0.3 is 0 Å². The molecule has 0 fully saturated rings. The Hall–Kier alpha value is -1.54. The van der Waals surface area contributed by atoms with Gasteiger partial charge in [0.1, 0.15) is 9.88 Å². The lowest BCUT2D eigenvalue weighted by Gasteiger charge is -2.08. The molecule has 0 saturated carbocycles. The van der Waals surface area contributed by atoms with Crippen molar-refractivity contribution < 1.29 is 14.3 Å². The molecule has 0 aliphatic heterocycles. The van der Waals surface area contributed by atoms with Gasteiger partial charge in [-0.2, -0.15) is 0 Å². The number of ether oxygens (including phenoxy) is 2. The number of aryl methyl sites for hydroxylation is 1. The molecule has 6 nitrogen and oxygen atoms in total. The lowest BCUT2D eigenvalue weighted by Crippen LogP contribution is -2.32. The number of halogens is 2. The van der Waals surface area contributed by atoms with Gasteiger partial charge in [-0.05, 0) is 38.1 Å². The van der Waals surface area contributed by atoms with Gasteiger partial charge in [0.25, 0.3) is 5.91 Å². The highest BCUT2D eigenvalue weighted by atomic mass is 35.5. The molecule has 1 aromatic carbocycles. The van der Waals surface area contributed by atoms with Crippen LogP contribution in [0.3, 0.4) is 0 Å². The molecule has 0 saturated heterocycles. The van der Waals surface area contributed by atoms with E-state index in [9.17, 15) is 4.79 Å². The van der Waals surface area contributed by atoms with Crippen LogP contribution in [0.4, 0.5) is 0 Å². The topological polar surface area (TPSA) is 72.5 Å². The van der Waals surface area contributed by atoms with Gasteiger partial charge in [0.05, 0.1) is 19.9 Å². The van der Waals surface area contributed by atoms with Crippen molar-refractivity contribution in [1.29, 1.82) is 0 Å². The smallest absolute Gasteiger partial charge is 0.263 e. The van der Waals surface area contributed by atoms with E-state index >= 15 is 0 Å². The third-order valence-corrected chi connectivity index (χ3v) is 4.85. The Kier molecular flexibility index (Phi) is 12.0. The molecule has 2 rings (SSSR count). The van der Waals surface area contributed by atoms with Crippen molar-refractivity contribution in [2.24, 2.45) is 0 Å². The van der Waals surface area contributed by atoms with Gasteiger partial charge in [0.15, 0.2) is 11.5 Å². The number of benzene rings is 1. The van der Waals surface area contributed by atoms with Crippen molar-refractivity contribution in [2.45, 2.75) is 20.3 Å². The fourth-order valence-corrected chi connectivity index (χ4v) is 3.33. The highest BCUT2D eigenvalue weighted by Gasteiger charge is 2.17. The fourth-order valence-electron chi connectivity index (χ4n) is 2.35. The Balaban J connectivity index is 0.00000338. The Bertz CT molecular complexity index is 726. The molecular weight excluding hydrogens is 409 g/mol. The van der Waals surface area contributed by atoms with E-state index in [1.54, 1.807) is 14.2 Å². The zero-order valence-electron chi connectivity index (χ0n) is 16.0. The van der Waals surface area contributed by atoms with E-state index in [2.05, 4.69) is 22.5 Å². The first kappa shape index (κ1) is 25.5. The normalized spacial score (nSPS) is 9.78. The number of hydrogen-bond acceptors (Lipinski definition) is 6. The highest BCUT2D eigenvalue weighted by molar-refractivity contribution is 7.17. The van der Waals surface area contributed by atoms with Crippen LogP contribution < -0.4 is 20.1 Å². The number of amides is 1. The number of aromatic nitrogens is 1. The minimum absolute atomic E-state index is 0. The average Bonchev–Trinajstić information content (AvgIpc) is 3.02. The molecule has 0 aliphatic carbocycles. The van der Waals surface area contributed by atoms with Gasteiger partial charge in [0, 0.05) is 18.7 Å². The Morgan fingerprint density at radius 3 is 2.44 bits per heavy atom. The lowest BCUT2D eigenvalue weighted by molar-refractivity contribution is 0.0957. The standard InChI is InChI=1S/C18H25N3O3S.2ClH/c1-5-8-19-9-10-20-17(22)16-12(2)21-18(25-16)13-6-7-14(23-3)15(11-13)24-4;;/h6-7,11,19H,5,8-10H2,1-4H3,(H,20,22);2*1H. The molecule has 0 spiro atoms. The molecule has 152 valence electrons. The maximum absolute atomic E-state index is 12.4. The molecule has 2 N–H and O–H groups in total. The van der Waals surface area contributed by atoms with E-state index in [1.807, 2.05) is 25.1 Å². The third-order valence-electron chi connectivity index (χ3n) is 3.65. The number of methoxy groups -OCH3 is 2. The van der Waals surface area contributed by atoms with Gasteiger partial charge in [-0.1, -0.05) is 6.92 Å².